The van der Waals surface area contributed by atoms with Crippen LogP contribution < -0.4 is 4.74 Å². The zero-order chi connectivity index (χ0) is 10.0. The van der Waals surface area contributed by atoms with Crippen molar-refractivity contribution < 1.29 is 9.53 Å². The number of hydrogen-bond acceptors (Lipinski definition) is 2. The van der Waals surface area contributed by atoms with Crippen LogP contribution in [0.15, 0.2) is 16.6 Å². The molecule has 0 radical (unpaired) electrons. The molecule has 0 unspecified atom stereocenters. The Morgan fingerprint density at radius 3 is 2.54 bits per heavy atom. The SMILES string of the molecule is COc1cc(C)c(C(C)=O)cc1Br. The first-order chi connectivity index (χ1) is 6.06. The van der Waals surface area contributed by atoms with Crippen LogP contribution in [0.5, 0.6) is 5.75 Å². The van der Waals surface area contributed by atoms with Crippen molar-refractivity contribution >= 4 is 21.7 Å². The number of ether oxygens (including phenoxy) is 1. The van der Waals surface area contributed by atoms with Gasteiger partial charge >= 0.3 is 0 Å². The van der Waals surface area contributed by atoms with E-state index in [4.69, 9.17) is 4.74 Å². The predicted octanol–water partition coefficient (Wildman–Crippen LogP) is 2.97. The normalized spacial score (nSPS) is 9.85. The lowest BCUT2D eigenvalue weighted by molar-refractivity contribution is 0.101. The Balaban J connectivity index is 3.28. The third-order valence-electron chi connectivity index (χ3n) is 1.88. The highest BCUT2D eigenvalue weighted by Gasteiger charge is 2.08. The Bertz CT molecular complexity index is 345. The molecule has 0 amide bonds. The molecule has 0 N–H and O–H groups in total. The number of carbonyl (C=O) groups is 1. The van der Waals surface area contributed by atoms with E-state index in [1.807, 2.05) is 13.0 Å². The van der Waals surface area contributed by atoms with Gasteiger partial charge in [-0.25, -0.2) is 0 Å². The average Bonchev–Trinajstić information content (AvgIpc) is 2.07. The third kappa shape index (κ3) is 2.10. The third-order valence-corrected chi connectivity index (χ3v) is 2.50. The zero-order valence-electron chi connectivity index (χ0n) is 7.85. The van der Waals surface area contributed by atoms with Gasteiger partial charge in [-0.3, -0.25) is 4.79 Å². The van der Waals surface area contributed by atoms with Crippen LogP contribution in [0.4, 0.5) is 0 Å². The van der Waals surface area contributed by atoms with Crippen molar-refractivity contribution in [3.8, 4) is 5.75 Å². The van der Waals surface area contributed by atoms with Gasteiger partial charge in [0.05, 0.1) is 11.6 Å². The second-order valence-corrected chi connectivity index (χ2v) is 3.71. The lowest BCUT2D eigenvalue weighted by atomic mass is 10.1. The summed E-state index contributed by atoms with van der Waals surface area (Å²) in [6.07, 6.45) is 0. The fourth-order valence-electron chi connectivity index (χ4n) is 1.19. The van der Waals surface area contributed by atoms with Crippen LogP contribution in [-0.4, -0.2) is 12.9 Å². The van der Waals surface area contributed by atoms with Gasteiger partial charge in [-0.1, -0.05) is 0 Å². The first-order valence-electron chi connectivity index (χ1n) is 3.91. The average molecular weight is 243 g/mol. The molecule has 1 aromatic rings. The minimum absolute atomic E-state index is 0.0702. The molecule has 0 aliphatic rings. The number of carbonyl (C=O) groups excluding carboxylic acids is 1. The molecule has 0 bridgehead atoms. The molecule has 0 heterocycles. The van der Waals surface area contributed by atoms with E-state index in [2.05, 4.69) is 15.9 Å². The van der Waals surface area contributed by atoms with Crippen molar-refractivity contribution in [3.05, 3.63) is 27.7 Å². The summed E-state index contributed by atoms with van der Waals surface area (Å²) >= 11 is 3.33. The van der Waals surface area contributed by atoms with E-state index in [1.54, 1.807) is 20.1 Å². The number of benzene rings is 1. The Morgan fingerprint density at radius 2 is 2.08 bits per heavy atom. The smallest absolute Gasteiger partial charge is 0.160 e. The molecule has 0 saturated carbocycles. The Morgan fingerprint density at radius 1 is 1.46 bits per heavy atom. The number of halogens is 1. The molecule has 2 nitrogen and oxygen atoms in total. The number of Topliss-reactive ketones (excluding diaryl/α,β-unsaturated/α-hetero) is 1. The largest absolute Gasteiger partial charge is 0.496 e. The summed E-state index contributed by atoms with van der Waals surface area (Å²) in [6.45, 7) is 3.45. The summed E-state index contributed by atoms with van der Waals surface area (Å²) < 4.78 is 5.91. The molecule has 0 aromatic heterocycles. The van der Waals surface area contributed by atoms with Crippen molar-refractivity contribution in [2.45, 2.75) is 13.8 Å². The fraction of sp³-hybridized carbons (Fsp3) is 0.300. The van der Waals surface area contributed by atoms with Gasteiger partial charge < -0.3 is 4.74 Å². The van der Waals surface area contributed by atoms with Gasteiger partial charge in [0, 0.05) is 5.56 Å². The highest BCUT2D eigenvalue weighted by atomic mass is 79.9. The first kappa shape index (κ1) is 10.3. The van der Waals surface area contributed by atoms with Gasteiger partial charge in [0.1, 0.15) is 5.75 Å². The van der Waals surface area contributed by atoms with Gasteiger partial charge in [-0.15, -0.1) is 0 Å². The Kier molecular flexibility index (Phi) is 3.09. The van der Waals surface area contributed by atoms with Crippen LogP contribution >= 0.6 is 15.9 Å². The van der Waals surface area contributed by atoms with Crippen molar-refractivity contribution in [1.29, 1.82) is 0 Å². The molecule has 0 aliphatic carbocycles. The van der Waals surface area contributed by atoms with Crippen LogP contribution in [0.1, 0.15) is 22.8 Å². The van der Waals surface area contributed by atoms with E-state index in [0.717, 1.165) is 21.3 Å². The summed E-state index contributed by atoms with van der Waals surface area (Å²) in [5.41, 5.74) is 1.67. The molecular formula is C10H11BrO2. The standard InChI is InChI=1S/C10H11BrO2/c1-6-4-10(13-3)9(11)5-8(6)7(2)12/h4-5H,1-3H3. The molecule has 1 rings (SSSR count). The molecule has 70 valence electrons. The molecule has 0 spiro atoms. The molecule has 0 aliphatic heterocycles. The molecule has 3 heteroatoms. The van der Waals surface area contributed by atoms with Gasteiger partial charge in [-0.2, -0.15) is 0 Å². The van der Waals surface area contributed by atoms with Crippen LogP contribution in [0, 0.1) is 6.92 Å². The lowest BCUT2D eigenvalue weighted by Crippen LogP contribution is -1.97. The minimum atomic E-state index is 0.0702. The highest BCUT2D eigenvalue weighted by molar-refractivity contribution is 9.10. The molecule has 1 aromatic carbocycles. The maximum absolute atomic E-state index is 11.2. The number of ketones is 1. The summed E-state index contributed by atoms with van der Waals surface area (Å²) in [4.78, 5) is 11.2. The van der Waals surface area contributed by atoms with E-state index >= 15 is 0 Å². The Labute approximate surface area is 86.0 Å². The van der Waals surface area contributed by atoms with Crippen LogP contribution in [-0.2, 0) is 0 Å². The maximum Gasteiger partial charge on any atom is 0.160 e. The molecule has 0 saturated heterocycles. The summed E-state index contributed by atoms with van der Waals surface area (Å²) in [7, 11) is 1.60. The number of methoxy groups -OCH3 is 1. The predicted molar refractivity (Wildman–Crippen MR) is 55.4 cm³/mol. The molecule has 13 heavy (non-hydrogen) atoms. The van der Waals surface area contributed by atoms with Crippen LogP contribution in [0.2, 0.25) is 0 Å². The highest BCUT2D eigenvalue weighted by Crippen LogP contribution is 2.28. The first-order valence-corrected chi connectivity index (χ1v) is 4.70. The topological polar surface area (TPSA) is 26.3 Å². The van der Waals surface area contributed by atoms with Gasteiger partial charge in [0.2, 0.25) is 0 Å². The van der Waals surface area contributed by atoms with E-state index in [1.165, 1.54) is 0 Å². The molecular weight excluding hydrogens is 232 g/mol. The quantitative estimate of drug-likeness (QED) is 0.746. The van der Waals surface area contributed by atoms with Crippen molar-refractivity contribution in [2.75, 3.05) is 7.11 Å². The minimum Gasteiger partial charge on any atom is -0.496 e. The van der Waals surface area contributed by atoms with Crippen molar-refractivity contribution in [3.63, 3.8) is 0 Å². The second kappa shape index (κ2) is 3.92. The molecule has 0 fully saturated rings. The van der Waals surface area contributed by atoms with E-state index < -0.39 is 0 Å². The van der Waals surface area contributed by atoms with Gasteiger partial charge in [-0.05, 0) is 47.5 Å². The summed E-state index contributed by atoms with van der Waals surface area (Å²) in [5, 5.41) is 0. The Hall–Kier alpha value is -0.830. The summed E-state index contributed by atoms with van der Waals surface area (Å²) in [5.74, 6) is 0.823. The maximum atomic E-state index is 11.2. The monoisotopic (exact) mass is 242 g/mol. The van der Waals surface area contributed by atoms with E-state index in [0.29, 0.717) is 0 Å². The van der Waals surface area contributed by atoms with Crippen molar-refractivity contribution in [1.82, 2.24) is 0 Å². The van der Waals surface area contributed by atoms with E-state index in [9.17, 15) is 4.79 Å². The van der Waals surface area contributed by atoms with E-state index in [-0.39, 0.29) is 5.78 Å². The second-order valence-electron chi connectivity index (χ2n) is 2.86. The van der Waals surface area contributed by atoms with Gasteiger partial charge in [0.15, 0.2) is 5.78 Å². The zero-order valence-corrected chi connectivity index (χ0v) is 9.44. The molecule has 0 atom stereocenters. The number of rotatable bonds is 2. The summed E-state index contributed by atoms with van der Waals surface area (Å²) in [6, 6.07) is 3.64. The van der Waals surface area contributed by atoms with Crippen LogP contribution in [0.3, 0.4) is 0 Å². The fourth-order valence-corrected chi connectivity index (χ4v) is 1.70. The van der Waals surface area contributed by atoms with Gasteiger partial charge in [0.25, 0.3) is 0 Å². The number of aryl methyl sites for hydroxylation is 1. The lowest BCUT2D eigenvalue weighted by Gasteiger charge is -2.07. The van der Waals surface area contributed by atoms with Crippen LogP contribution in [0.25, 0.3) is 0 Å². The van der Waals surface area contributed by atoms with Crippen molar-refractivity contribution in [2.24, 2.45) is 0 Å². The number of hydrogen-bond donors (Lipinski definition) is 0.